The number of aromatic nitrogens is 2. The number of ketones is 1. The number of halogens is 10. The molecule has 0 spiro atoms. The number of hydrogen-bond acceptors (Lipinski definition) is 1. The van der Waals surface area contributed by atoms with Crippen molar-refractivity contribution in [1.29, 1.82) is 0 Å². The maximum Gasteiger partial charge on any atom is 0.215 e. The van der Waals surface area contributed by atoms with Crippen LogP contribution in [-0.4, -0.2) is 15.8 Å². The molecule has 2 aromatic heterocycles. The molecule has 0 aliphatic heterocycles. The Kier molecular flexibility index (Phi) is 5.95. The van der Waals surface area contributed by atoms with Gasteiger partial charge in [0, 0.05) is 23.7 Å². The molecular weight excluding hydrogens is 498 g/mol. The molecular formula is C22H8F10N2O. The molecule has 182 valence electrons. The number of aromatic amines is 2. The third kappa shape index (κ3) is 3.67. The summed E-state index contributed by atoms with van der Waals surface area (Å²) in [6, 6.07) is 2.89. The average Bonchev–Trinajstić information content (AvgIpc) is 3.54. The van der Waals surface area contributed by atoms with E-state index in [-0.39, 0.29) is 5.56 Å². The van der Waals surface area contributed by atoms with Gasteiger partial charge < -0.3 is 9.97 Å². The number of H-pyrrole nitrogens is 2. The predicted molar refractivity (Wildman–Crippen MR) is 98.4 cm³/mol. The van der Waals surface area contributed by atoms with Crippen LogP contribution in [0.1, 0.15) is 38.8 Å². The molecule has 2 heterocycles. The van der Waals surface area contributed by atoms with Crippen molar-refractivity contribution in [3.8, 4) is 0 Å². The summed E-state index contributed by atoms with van der Waals surface area (Å²) in [6.07, 6.45) is 2.38. The van der Waals surface area contributed by atoms with Crippen molar-refractivity contribution in [1.82, 2.24) is 9.97 Å². The summed E-state index contributed by atoms with van der Waals surface area (Å²) in [4.78, 5) is 17.3. The van der Waals surface area contributed by atoms with Gasteiger partial charge in [-0.25, -0.2) is 43.9 Å². The van der Waals surface area contributed by atoms with Gasteiger partial charge in [-0.05, 0) is 23.8 Å². The molecule has 0 radical (unpaired) electrons. The highest BCUT2D eigenvalue weighted by atomic mass is 19.2. The van der Waals surface area contributed by atoms with E-state index in [0.717, 1.165) is 18.3 Å². The molecule has 4 aromatic rings. The quantitative estimate of drug-likeness (QED) is 0.145. The number of hydrogen-bond donors (Lipinski definition) is 2. The summed E-state index contributed by atoms with van der Waals surface area (Å²) in [7, 11) is 0. The second-order valence-electron chi connectivity index (χ2n) is 7.16. The Hall–Kier alpha value is -4.03. The highest BCUT2D eigenvalue weighted by molar-refractivity contribution is 6.08. The van der Waals surface area contributed by atoms with E-state index in [4.69, 9.17) is 0 Å². The van der Waals surface area contributed by atoms with Crippen molar-refractivity contribution in [2.45, 2.75) is 5.92 Å². The van der Waals surface area contributed by atoms with Gasteiger partial charge in [0.1, 0.15) is 5.56 Å². The van der Waals surface area contributed by atoms with E-state index < -0.39 is 92.4 Å². The summed E-state index contributed by atoms with van der Waals surface area (Å²) >= 11 is 0. The molecule has 0 aliphatic carbocycles. The summed E-state index contributed by atoms with van der Waals surface area (Å²) in [6.45, 7) is 0. The molecule has 35 heavy (non-hydrogen) atoms. The summed E-state index contributed by atoms with van der Waals surface area (Å²) in [5.74, 6) is -26.9. The number of carbonyl (C=O) groups is 1. The molecule has 3 nitrogen and oxygen atoms in total. The van der Waals surface area contributed by atoms with E-state index in [1.54, 1.807) is 0 Å². The van der Waals surface area contributed by atoms with Crippen LogP contribution in [0.15, 0.2) is 30.6 Å². The molecule has 1 atom stereocenters. The molecule has 1 unspecified atom stereocenters. The van der Waals surface area contributed by atoms with Gasteiger partial charge in [0.05, 0.1) is 11.6 Å². The molecule has 0 saturated carbocycles. The van der Waals surface area contributed by atoms with Crippen LogP contribution in [0.4, 0.5) is 43.9 Å². The summed E-state index contributed by atoms with van der Waals surface area (Å²) in [5, 5.41) is 0. The molecule has 4 rings (SSSR count). The number of nitrogens with one attached hydrogen (secondary N) is 2. The maximum absolute atomic E-state index is 14.6. The molecule has 13 heteroatoms. The highest BCUT2D eigenvalue weighted by Crippen LogP contribution is 2.37. The summed E-state index contributed by atoms with van der Waals surface area (Å²) < 4.78 is 139. The van der Waals surface area contributed by atoms with Crippen LogP contribution in [0.5, 0.6) is 0 Å². The second-order valence-corrected chi connectivity index (χ2v) is 7.16. The zero-order valence-corrected chi connectivity index (χ0v) is 16.7. The van der Waals surface area contributed by atoms with Crippen LogP contribution in [0, 0.1) is 58.2 Å². The third-order valence-electron chi connectivity index (χ3n) is 5.19. The lowest BCUT2D eigenvalue weighted by Gasteiger charge is -2.18. The lowest BCUT2D eigenvalue weighted by molar-refractivity contribution is 0.102. The number of benzene rings is 2. The van der Waals surface area contributed by atoms with E-state index in [0.29, 0.717) is 0 Å². The molecule has 0 amide bonds. The van der Waals surface area contributed by atoms with Crippen LogP contribution in [-0.2, 0) is 0 Å². The van der Waals surface area contributed by atoms with Gasteiger partial charge in [0.25, 0.3) is 0 Å². The van der Waals surface area contributed by atoms with Crippen LogP contribution in [0.3, 0.4) is 0 Å². The van der Waals surface area contributed by atoms with Crippen molar-refractivity contribution in [2.24, 2.45) is 0 Å². The zero-order chi connectivity index (χ0) is 25.8. The van der Waals surface area contributed by atoms with E-state index in [9.17, 15) is 48.7 Å². The van der Waals surface area contributed by atoms with Crippen molar-refractivity contribution >= 4 is 5.78 Å². The first kappa shape index (κ1) is 24.1. The van der Waals surface area contributed by atoms with Crippen molar-refractivity contribution in [3.05, 3.63) is 117 Å². The monoisotopic (exact) mass is 506 g/mol. The fourth-order valence-electron chi connectivity index (χ4n) is 3.55. The van der Waals surface area contributed by atoms with Gasteiger partial charge in [0.2, 0.25) is 17.4 Å². The van der Waals surface area contributed by atoms with Crippen LogP contribution >= 0.6 is 0 Å². The Bertz CT molecular complexity index is 1420. The number of carbonyl (C=O) groups excluding carboxylic acids is 1. The standard InChI is InChI=1S/C22H8F10N2O/c23-12-10(13(24)17(28)20(31)16(12)27)9(6-3-4-33-5-6)7-1-2-8(34-7)22(35)11-14(25)18(29)21(32)19(30)15(11)26/h1-5,9,33-34H. The Morgan fingerprint density at radius 2 is 1.11 bits per heavy atom. The van der Waals surface area contributed by atoms with Gasteiger partial charge in [-0.3, -0.25) is 4.79 Å². The minimum atomic E-state index is -2.50. The lowest BCUT2D eigenvalue weighted by atomic mass is 9.89. The Balaban J connectivity index is 1.89. The molecule has 2 N–H and O–H groups in total. The molecule has 0 saturated heterocycles. The first-order valence-electron chi connectivity index (χ1n) is 9.36. The molecule has 0 fully saturated rings. The predicted octanol–water partition coefficient (Wildman–Crippen LogP) is 6.15. The van der Waals surface area contributed by atoms with Crippen molar-refractivity contribution in [2.75, 3.05) is 0 Å². The second kappa shape index (κ2) is 8.64. The first-order chi connectivity index (χ1) is 16.5. The molecule has 2 aromatic carbocycles. The van der Waals surface area contributed by atoms with Gasteiger partial charge in [0.15, 0.2) is 46.5 Å². The normalized spacial score (nSPS) is 12.3. The van der Waals surface area contributed by atoms with Gasteiger partial charge in [-0.15, -0.1) is 0 Å². The van der Waals surface area contributed by atoms with Crippen molar-refractivity contribution < 1.29 is 48.7 Å². The maximum atomic E-state index is 14.6. The van der Waals surface area contributed by atoms with Gasteiger partial charge >= 0.3 is 0 Å². The first-order valence-corrected chi connectivity index (χ1v) is 9.36. The van der Waals surface area contributed by atoms with Crippen LogP contribution in [0.25, 0.3) is 0 Å². The number of rotatable bonds is 5. The summed E-state index contributed by atoms with van der Waals surface area (Å²) in [5.41, 5.74) is -4.40. The van der Waals surface area contributed by atoms with E-state index >= 15 is 0 Å². The van der Waals surface area contributed by atoms with E-state index in [1.165, 1.54) is 12.3 Å². The largest absolute Gasteiger partial charge is 0.367 e. The van der Waals surface area contributed by atoms with Crippen molar-refractivity contribution in [3.63, 3.8) is 0 Å². The zero-order valence-electron chi connectivity index (χ0n) is 16.7. The van der Waals surface area contributed by atoms with Crippen LogP contribution < -0.4 is 0 Å². The SMILES string of the molecule is O=C(c1ccc(C(c2cc[nH]c2)c2c(F)c(F)c(F)c(F)c2F)[nH]1)c1c(F)c(F)c(F)c(F)c1F. The lowest BCUT2D eigenvalue weighted by Crippen LogP contribution is -2.15. The minimum Gasteiger partial charge on any atom is -0.367 e. The van der Waals surface area contributed by atoms with Crippen LogP contribution in [0.2, 0.25) is 0 Å². The van der Waals surface area contributed by atoms with Gasteiger partial charge in [-0.2, -0.15) is 0 Å². The average molecular weight is 506 g/mol. The Morgan fingerprint density at radius 3 is 1.60 bits per heavy atom. The van der Waals surface area contributed by atoms with E-state index in [1.807, 2.05) is 0 Å². The molecule has 0 bridgehead atoms. The molecule has 0 aliphatic rings. The van der Waals surface area contributed by atoms with Gasteiger partial charge in [-0.1, -0.05) is 0 Å². The smallest absolute Gasteiger partial charge is 0.215 e. The minimum absolute atomic E-state index is 0.0645. The Morgan fingerprint density at radius 1 is 0.629 bits per heavy atom. The fourth-order valence-corrected chi connectivity index (χ4v) is 3.55. The fraction of sp³-hybridized carbons (Fsp3) is 0.0455. The Labute approximate surface area is 188 Å². The highest BCUT2D eigenvalue weighted by Gasteiger charge is 2.35. The topological polar surface area (TPSA) is 48.6 Å². The van der Waals surface area contributed by atoms with E-state index in [2.05, 4.69) is 9.97 Å². The third-order valence-corrected chi connectivity index (χ3v) is 5.19.